The van der Waals surface area contributed by atoms with Crippen LogP contribution in [0.1, 0.15) is 28.9 Å². The average molecular weight is 276 g/mol. The summed E-state index contributed by atoms with van der Waals surface area (Å²) < 4.78 is 0. The summed E-state index contributed by atoms with van der Waals surface area (Å²) in [5.74, 6) is 0. The molecule has 0 radical (unpaired) electrons. The van der Waals surface area contributed by atoms with Crippen molar-refractivity contribution >= 4 is 10.8 Å². The van der Waals surface area contributed by atoms with Gasteiger partial charge in [-0.3, -0.25) is 0 Å². The molecule has 1 aliphatic rings. The third kappa shape index (κ3) is 1.67. The van der Waals surface area contributed by atoms with Crippen molar-refractivity contribution < 1.29 is 10.2 Å². The first-order chi connectivity index (χ1) is 10.2. The molecule has 21 heavy (non-hydrogen) atoms. The highest BCUT2D eigenvalue weighted by Gasteiger charge is 2.32. The lowest BCUT2D eigenvalue weighted by molar-refractivity contribution is 0.0155. The zero-order valence-electron chi connectivity index (χ0n) is 11.7. The number of benzene rings is 3. The molecule has 3 aromatic carbocycles. The lowest BCUT2D eigenvalue weighted by Gasteiger charge is -2.31. The number of aryl methyl sites for hydroxylation is 1. The van der Waals surface area contributed by atoms with E-state index in [0.717, 1.165) is 38.6 Å². The minimum atomic E-state index is -0.875. The Balaban J connectivity index is 2.15. The predicted molar refractivity (Wildman–Crippen MR) is 84.0 cm³/mol. The number of hydrogen-bond donors (Lipinski definition) is 2. The van der Waals surface area contributed by atoms with Gasteiger partial charge in [-0.25, -0.2) is 0 Å². The van der Waals surface area contributed by atoms with Crippen molar-refractivity contribution in [2.75, 3.05) is 0 Å². The van der Waals surface area contributed by atoms with Crippen LogP contribution in [0.2, 0.25) is 0 Å². The van der Waals surface area contributed by atoms with Gasteiger partial charge in [0.25, 0.3) is 0 Å². The monoisotopic (exact) mass is 276 g/mol. The van der Waals surface area contributed by atoms with Crippen LogP contribution in [0.3, 0.4) is 0 Å². The van der Waals surface area contributed by atoms with E-state index in [2.05, 4.69) is 18.2 Å². The Bertz CT molecular complexity index is 851. The summed E-state index contributed by atoms with van der Waals surface area (Å²) in [7, 11) is 0. The molecule has 0 aliphatic heterocycles. The fourth-order valence-corrected chi connectivity index (χ4v) is 3.48. The van der Waals surface area contributed by atoms with Crippen LogP contribution in [0.25, 0.3) is 21.9 Å². The third-order valence-electron chi connectivity index (χ3n) is 4.52. The van der Waals surface area contributed by atoms with E-state index >= 15 is 0 Å². The summed E-state index contributed by atoms with van der Waals surface area (Å²) in [6.45, 7) is 2.02. The lowest BCUT2D eigenvalue weighted by Crippen LogP contribution is -2.18. The first-order valence-corrected chi connectivity index (χ1v) is 7.16. The summed E-state index contributed by atoms with van der Waals surface area (Å²) in [6, 6.07) is 18.0. The van der Waals surface area contributed by atoms with Crippen molar-refractivity contribution in [2.45, 2.75) is 19.1 Å². The lowest BCUT2D eigenvalue weighted by atomic mass is 9.78. The Morgan fingerprint density at radius 1 is 0.810 bits per heavy atom. The van der Waals surface area contributed by atoms with Crippen molar-refractivity contribution in [1.82, 2.24) is 0 Å². The van der Waals surface area contributed by atoms with E-state index in [0.29, 0.717) is 0 Å². The molecule has 2 N–H and O–H groups in total. The van der Waals surface area contributed by atoms with Crippen molar-refractivity contribution in [3.63, 3.8) is 0 Å². The van der Waals surface area contributed by atoms with Gasteiger partial charge < -0.3 is 10.2 Å². The van der Waals surface area contributed by atoms with Gasteiger partial charge in [-0.1, -0.05) is 48.5 Å². The highest BCUT2D eigenvalue weighted by Crippen LogP contribution is 2.47. The highest BCUT2D eigenvalue weighted by atomic mass is 16.3. The molecule has 1 aliphatic carbocycles. The van der Waals surface area contributed by atoms with Gasteiger partial charge in [0, 0.05) is 0 Å². The van der Waals surface area contributed by atoms with E-state index in [1.54, 1.807) is 0 Å². The smallest absolute Gasteiger partial charge is 0.110 e. The van der Waals surface area contributed by atoms with Gasteiger partial charge in [-0.15, -0.1) is 0 Å². The minimum absolute atomic E-state index is 0.798. The second-order valence-electron chi connectivity index (χ2n) is 5.66. The quantitative estimate of drug-likeness (QED) is 0.654. The maximum Gasteiger partial charge on any atom is 0.110 e. The van der Waals surface area contributed by atoms with E-state index in [-0.39, 0.29) is 0 Å². The molecule has 0 heterocycles. The van der Waals surface area contributed by atoms with Crippen LogP contribution >= 0.6 is 0 Å². The van der Waals surface area contributed by atoms with Crippen LogP contribution in [0.4, 0.5) is 0 Å². The van der Waals surface area contributed by atoms with Crippen LogP contribution in [0, 0.1) is 6.92 Å². The summed E-state index contributed by atoms with van der Waals surface area (Å²) >= 11 is 0. The molecule has 2 nitrogen and oxygen atoms in total. The van der Waals surface area contributed by atoms with E-state index in [1.807, 2.05) is 43.3 Å². The first-order valence-electron chi connectivity index (χ1n) is 7.16. The van der Waals surface area contributed by atoms with Gasteiger partial charge >= 0.3 is 0 Å². The van der Waals surface area contributed by atoms with Gasteiger partial charge in [0.05, 0.1) is 0 Å². The summed E-state index contributed by atoms with van der Waals surface area (Å²) in [6.07, 6.45) is -1.74. The van der Waals surface area contributed by atoms with Gasteiger partial charge in [0.15, 0.2) is 0 Å². The van der Waals surface area contributed by atoms with Gasteiger partial charge in [0.1, 0.15) is 12.2 Å². The molecule has 2 heteroatoms. The topological polar surface area (TPSA) is 40.5 Å². The average Bonchev–Trinajstić information content (AvgIpc) is 2.52. The van der Waals surface area contributed by atoms with E-state index in [9.17, 15) is 10.2 Å². The first kappa shape index (κ1) is 12.6. The van der Waals surface area contributed by atoms with Gasteiger partial charge in [-0.05, 0) is 51.6 Å². The molecule has 0 fully saturated rings. The Hall–Kier alpha value is -2.16. The second-order valence-corrected chi connectivity index (χ2v) is 5.66. The van der Waals surface area contributed by atoms with Crippen LogP contribution in [0.5, 0.6) is 0 Å². The molecule has 4 rings (SSSR count). The third-order valence-corrected chi connectivity index (χ3v) is 4.52. The van der Waals surface area contributed by atoms with Crippen LogP contribution < -0.4 is 0 Å². The Labute approximate surface area is 123 Å². The fourth-order valence-electron chi connectivity index (χ4n) is 3.48. The Morgan fingerprint density at radius 2 is 1.52 bits per heavy atom. The molecule has 0 aromatic heterocycles. The molecule has 3 aromatic rings. The predicted octanol–water partition coefficient (Wildman–Crippen LogP) is 3.90. The standard InChI is InChI=1S/C19H16O2/c1-11-13-7-3-2-6-12(13)10-16-14-8-4-5-9-15(14)18(20)19(21)17(11)16/h2-10,18-21H,1H3/t18-,19+/m1/s1. The fraction of sp³-hybridized carbons (Fsp3) is 0.158. The maximum atomic E-state index is 10.6. The van der Waals surface area contributed by atoms with Crippen molar-refractivity contribution in [3.05, 3.63) is 71.3 Å². The van der Waals surface area contributed by atoms with Crippen LogP contribution in [-0.4, -0.2) is 10.2 Å². The molecule has 0 saturated carbocycles. The Morgan fingerprint density at radius 3 is 2.38 bits per heavy atom. The summed E-state index contributed by atoms with van der Waals surface area (Å²) in [4.78, 5) is 0. The zero-order chi connectivity index (χ0) is 14.6. The number of fused-ring (bicyclic) bond motifs is 4. The minimum Gasteiger partial charge on any atom is -0.385 e. The molecule has 0 saturated heterocycles. The van der Waals surface area contributed by atoms with E-state index < -0.39 is 12.2 Å². The van der Waals surface area contributed by atoms with E-state index in [1.165, 1.54) is 0 Å². The summed E-state index contributed by atoms with van der Waals surface area (Å²) in [5.41, 5.74) is 4.73. The molecule has 0 bridgehead atoms. The molecule has 0 unspecified atom stereocenters. The van der Waals surface area contributed by atoms with Crippen molar-refractivity contribution in [3.8, 4) is 11.1 Å². The normalized spacial score (nSPS) is 20.1. The SMILES string of the molecule is Cc1c2c(cc3ccccc13)-c1ccccc1[C@@H](O)[C@H]2O. The summed E-state index contributed by atoms with van der Waals surface area (Å²) in [5, 5.41) is 23.3. The molecule has 0 spiro atoms. The molecule has 104 valence electrons. The van der Waals surface area contributed by atoms with Gasteiger partial charge in [-0.2, -0.15) is 0 Å². The van der Waals surface area contributed by atoms with Crippen LogP contribution in [0.15, 0.2) is 54.6 Å². The zero-order valence-corrected chi connectivity index (χ0v) is 11.7. The largest absolute Gasteiger partial charge is 0.385 e. The number of hydrogen-bond acceptors (Lipinski definition) is 2. The maximum absolute atomic E-state index is 10.6. The molecule has 2 atom stereocenters. The van der Waals surface area contributed by atoms with Crippen molar-refractivity contribution in [2.24, 2.45) is 0 Å². The number of aliphatic hydroxyl groups excluding tert-OH is 2. The van der Waals surface area contributed by atoms with Gasteiger partial charge in [0.2, 0.25) is 0 Å². The molecule has 0 amide bonds. The second kappa shape index (κ2) is 4.42. The Kier molecular flexibility index (Phi) is 2.64. The number of aliphatic hydroxyl groups is 2. The number of rotatable bonds is 0. The molecular weight excluding hydrogens is 260 g/mol. The van der Waals surface area contributed by atoms with E-state index in [4.69, 9.17) is 0 Å². The van der Waals surface area contributed by atoms with Crippen LogP contribution in [-0.2, 0) is 0 Å². The van der Waals surface area contributed by atoms with Crippen molar-refractivity contribution in [1.29, 1.82) is 0 Å². The highest BCUT2D eigenvalue weighted by molar-refractivity contribution is 5.93. The molecular formula is C19H16O2.